The van der Waals surface area contributed by atoms with Crippen molar-refractivity contribution in [1.82, 2.24) is 4.57 Å². The van der Waals surface area contributed by atoms with E-state index in [1.165, 1.54) is 6.07 Å². The van der Waals surface area contributed by atoms with Gasteiger partial charge in [0.25, 0.3) is 0 Å². The smallest absolute Gasteiger partial charge is 0.143 e. The minimum Gasteiger partial charge on any atom is -0.455 e. The van der Waals surface area contributed by atoms with Gasteiger partial charge < -0.3 is 13.9 Å². The van der Waals surface area contributed by atoms with Crippen molar-refractivity contribution in [3.05, 3.63) is 218 Å². The highest BCUT2D eigenvalue weighted by atomic mass is 16.3. The van der Waals surface area contributed by atoms with Crippen molar-refractivity contribution in [2.45, 2.75) is 0 Å². The second-order valence-electron chi connectivity index (χ2n) is 13.6. The summed E-state index contributed by atoms with van der Waals surface area (Å²) in [5.74, 6) is 0. The van der Waals surface area contributed by atoms with Gasteiger partial charge in [-0.25, -0.2) is 0 Å². The van der Waals surface area contributed by atoms with Gasteiger partial charge in [-0.05, 0) is 82.8 Å². The molecule has 0 unspecified atom stereocenters. The van der Waals surface area contributed by atoms with Crippen LogP contribution in [0.5, 0.6) is 0 Å². The monoisotopic (exact) mass is 739 g/mol. The zero-order valence-corrected chi connectivity index (χ0v) is 30.2. The lowest BCUT2D eigenvalue weighted by atomic mass is 10.0. The van der Waals surface area contributed by atoms with Gasteiger partial charge in [0.1, 0.15) is 11.2 Å². The number of furan rings is 1. The molecule has 0 N–H and O–H groups in total. The highest BCUT2D eigenvalue weighted by Crippen LogP contribution is 2.41. The number of benzene rings is 9. The average Bonchev–Trinajstić information content (AvgIpc) is 3.91. The second-order valence-corrected chi connectivity index (χ2v) is 13.6. The Balaban J connectivity index is 1.18. The summed E-state index contributed by atoms with van der Waals surface area (Å²) >= 11 is 0. The lowest BCUT2D eigenvalue weighted by Gasteiger charge is -2.26. The Morgan fingerprint density at radius 1 is 0.368 bits per heavy atom. The number of para-hydroxylation sites is 5. The van der Waals surface area contributed by atoms with E-state index in [1.54, 1.807) is 60.7 Å². The van der Waals surface area contributed by atoms with Crippen molar-refractivity contribution < 1.29 is 19.5 Å². The summed E-state index contributed by atoms with van der Waals surface area (Å²) in [6, 6.07) is 39.9. The van der Waals surface area contributed by atoms with Gasteiger partial charge in [-0.1, -0.05) is 158 Å². The van der Waals surface area contributed by atoms with Gasteiger partial charge in [-0.15, -0.1) is 0 Å². The van der Waals surface area contributed by atoms with Crippen LogP contribution in [0.3, 0.4) is 0 Å². The van der Waals surface area contributed by atoms with Crippen LogP contribution in [0.4, 0.5) is 17.1 Å². The number of aromatic nitrogens is 1. The number of anilines is 3. The zero-order valence-electron chi connectivity index (χ0n) is 41.2. The predicted molar refractivity (Wildman–Crippen MR) is 239 cm³/mol. The van der Waals surface area contributed by atoms with E-state index in [0.29, 0.717) is 38.9 Å². The van der Waals surface area contributed by atoms with Gasteiger partial charge >= 0.3 is 0 Å². The minimum absolute atomic E-state index is 0.0106. The zero-order chi connectivity index (χ0) is 47.3. The molecule has 0 fully saturated rings. The lowest BCUT2D eigenvalue weighted by Crippen LogP contribution is -2.09. The third-order valence-electron chi connectivity index (χ3n) is 10.3. The average molecular weight is 740 g/mol. The maximum absolute atomic E-state index is 9.75. The van der Waals surface area contributed by atoms with Crippen molar-refractivity contribution >= 4 is 60.8 Å². The molecule has 0 aliphatic heterocycles. The highest BCUT2D eigenvalue weighted by Gasteiger charge is 2.18. The second kappa shape index (κ2) is 13.6. The van der Waals surface area contributed by atoms with Crippen LogP contribution in [-0.4, -0.2) is 4.57 Å². The Morgan fingerprint density at radius 2 is 0.895 bits per heavy atom. The first-order valence-corrected chi connectivity index (χ1v) is 18.5. The largest absolute Gasteiger partial charge is 0.455 e. The molecule has 0 aliphatic rings. The molecule has 11 aromatic rings. The Kier molecular flexibility index (Phi) is 5.57. The molecule has 11 rings (SSSR count). The molecule has 2 heterocycles. The van der Waals surface area contributed by atoms with Crippen molar-refractivity contribution in [1.29, 1.82) is 0 Å². The summed E-state index contributed by atoms with van der Waals surface area (Å²) in [5, 5.41) is 3.50. The molecular weight excluding hydrogens is 693 g/mol. The van der Waals surface area contributed by atoms with E-state index in [2.05, 4.69) is 4.57 Å². The van der Waals surface area contributed by atoms with Crippen LogP contribution in [0.25, 0.3) is 82.8 Å². The van der Waals surface area contributed by atoms with Crippen LogP contribution >= 0.6 is 0 Å². The van der Waals surface area contributed by atoms with Gasteiger partial charge in [-0.3, -0.25) is 0 Å². The normalized spacial score (nSPS) is 14.2. The Bertz CT molecular complexity index is 3790. The fraction of sp³-hybridized carbons (Fsp3) is 0. The van der Waals surface area contributed by atoms with E-state index in [0.717, 1.165) is 32.1 Å². The van der Waals surface area contributed by atoms with E-state index in [-0.39, 0.29) is 28.4 Å². The van der Waals surface area contributed by atoms with E-state index in [9.17, 15) is 15.1 Å². The van der Waals surface area contributed by atoms with Gasteiger partial charge in [0.2, 0.25) is 0 Å². The SMILES string of the molecule is [2H]c1cc(N(c2c([2H])c([2H])c(-c3ccccc3)c([2H])c2[2H])c2c([2H])c([2H])c(-c3cccc4c3oc3ccccc34)c([2H])c2[2H])c([2H])c([2H])c1-c1ccccc1-n1c2ccccc2c2ccccc21. The van der Waals surface area contributed by atoms with Crippen LogP contribution in [-0.2, 0) is 0 Å². The van der Waals surface area contributed by atoms with Crippen molar-refractivity contribution in [2.24, 2.45) is 0 Å². The maximum Gasteiger partial charge on any atom is 0.143 e. The van der Waals surface area contributed by atoms with E-state index < -0.39 is 71.8 Å². The number of nitrogens with zero attached hydrogens (tertiary/aromatic N) is 2. The molecule has 0 saturated carbocycles. The van der Waals surface area contributed by atoms with Crippen molar-refractivity contribution in [3.63, 3.8) is 0 Å². The molecule has 57 heavy (non-hydrogen) atoms. The van der Waals surface area contributed by atoms with Gasteiger partial charge in [0.05, 0.1) is 31.8 Å². The molecular formula is C54H36N2O. The summed E-state index contributed by atoms with van der Waals surface area (Å²) in [6.07, 6.45) is 0. The molecule has 9 aromatic carbocycles. The fourth-order valence-corrected chi connectivity index (χ4v) is 7.68. The van der Waals surface area contributed by atoms with Crippen molar-refractivity contribution in [2.75, 3.05) is 4.90 Å². The van der Waals surface area contributed by atoms with Crippen LogP contribution in [0.2, 0.25) is 0 Å². The first kappa shape index (κ1) is 23.3. The molecule has 3 heteroatoms. The summed E-state index contributed by atoms with van der Waals surface area (Å²) in [6.45, 7) is 0. The molecule has 0 saturated heterocycles. The first-order chi connectivity index (χ1) is 32.9. The maximum atomic E-state index is 9.75. The summed E-state index contributed by atoms with van der Waals surface area (Å²) < 4.78 is 113. The third kappa shape index (κ3) is 5.60. The topological polar surface area (TPSA) is 21.3 Å². The molecule has 0 radical (unpaired) electrons. The van der Waals surface area contributed by atoms with Gasteiger partial charge in [0, 0.05) is 49.7 Å². The Labute approximate surface area is 346 Å². The minimum atomic E-state index is -0.628. The van der Waals surface area contributed by atoms with Gasteiger partial charge in [0.15, 0.2) is 0 Å². The molecule has 0 spiro atoms. The number of hydrogen-bond donors (Lipinski definition) is 0. The first-order valence-electron chi connectivity index (χ1n) is 24.0. The van der Waals surface area contributed by atoms with Crippen LogP contribution in [0.1, 0.15) is 15.1 Å². The van der Waals surface area contributed by atoms with Crippen molar-refractivity contribution in [3.8, 4) is 39.1 Å². The summed E-state index contributed by atoms with van der Waals surface area (Å²) in [5.41, 5.74) is 3.17. The molecule has 268 valence electrons. The standard InChI is InChI=1S/C54H36N2O/c1-2-13-37(14-3-1)38-25-31-41(32-26-38)55(43-35-29-40(30-36-43)45-19-12-20-49-48-18-7-11-24-53(48)57-54(45)49)42-33-27-39(28-34-42)44-15-4-8-21-50(44)56-51-22-9-5-16-46(51)47-17-6-10-23-52(47)56/h1-36H/i25D,26D,27D,28D,29D,30D,31D,32D,33D,35D,36D. The Morgan fingerprint density at radius 3 is 1.61 bits per heavy atom. The van der Waals surface area contributed by atoms with E-state index >= 15 is 0 Å². The molecule has 0 atom stereocenters. The summed E-state index contributed by atoms with van der Waals surface area (Å²) in [4.78, 5) is 0.989. The van der Waals surface area contributed by atoms with Crippen LogP contribution < -0.4 is 4.90 Å². The van der Waals surface area contributed by atoms with E-state index in [1.807, 2.05) is 84.9 Å². The van der Waals surface area contributed by atoms with Crippen LogP contribution in [0, 0.1) is 0 Å². The molecule has 0 aliphatic carbocycles. The number of hydrogen-bond acceptors (Lipinski definition) is 2. The molecule has 2 aromatic heterocycles. The fourth-order valence-electron chi connectivity index (χ4n) is 7.68. The number of rotatable bonds is 7. The van der Waals surface area contributed by atoms with E-state index in [4.69, 9.17) is 4.42 Å². The molecule has 0 amide bonds. The van der Waals surface area contributed by atoms with Crippen LogP contribution in [0.15, 0.2) is 223 Å². The summed E-state index contributed by atoms with van der Waals surface area (Å²) in [7, 11) is 0. The Hall–Kier alpha value is -7.62. The third-order valence-corrected chi connectivity index (χ3v) is 10.3. The van der Waals surface area contributed by atoms with Gasteiger partial charge in [-0.2, -0.15) is 0 Å². The molecule has 3 nitrogen and oxygen atoms in total. The quantitative estimate of drug-likeness (QED) is 0.162. The predicted octanol–water partition coefficient (Wildman–Crippen LogP) is 15.2. The number of fused-ring (bicyclic) bond motifs is 6. The molecule has 0 bridgehead atoms. The lowest BCUT2D eigenvalue weighted by molar-refractivity contribution is 0.670. The highest BCUT2D eigenvalue weighted by molar-refractivity contribution is 6.10.